The molecule has 3 rings (SSSR count). The van der Waals surface area contributed by atoms with E-state index in [-0.39, 0.29) is 12.5 Å². The number of carbonyl (C=O) groups is 1. The van der Waals surface area contributed by atoms with Gasteiger partial charge in [0, 0.05) is 11.6 Å². The molecular formula is C16H14N2O3. The Balaban J connectivity index is 1.75. The molecule has 0 saturated carbocycles. The second kappa shape index (κ2) is 5.76. The molecule has 0 radical (unpaired) electrons. The van der Waals surface area contributed by atoms with Gasteiger partial charge in [0.1, 0.15) is 17.6 Å². The molecule has 2 heterocycles. The zero-order chi connectivity index (χ0) is 14.7. The van der Waals surface area contributed by atoms with Gasteiger partial charge in [0.15, 0.2) is 0 Å². The zero-order valence-corrected chi connectivity index (χ0v) is 11.2. The molecule has 2 N–H and O–H groups in total. The Morgan fingerprint density at radius 1 is 1.24 bits per heavy atom. The summed E-state index contributed by atoms with van der Waals surface area (Å²) in [5, 5.41) is 14.3. The van der Waals surface area contributed by atoms with Crippen LogP contribution in [0.25, 0.3) is 10.8 Å². The van der Waals surface area contributed by atoms with Crippen molar-refractivity contribution in [3.8, 4) is 0 Å². The number of aliphatic hydroxyl groups excluding tert-OH is 1. The van der Waals surface area contributed by atoms with Gasteiger partial charge in [0.25, 0.3) is 5.91 Å². The Morgan fingerprint density at radius 3 is 2.90 bits per heavy atom. The van der Waals surface area contributed by atoms with Crippen molar-refractivity contribution in [3.05, 3.63) is 66.4 Å². The van der Waals surface area contributed by atoms with Crippen molar-refractivity contribution in [1.29, 1.82) is 0 Å². The lowest BCUT2D eigenvalue weighted by atomic mass is 10.1. The fourth-order valence-corrected chi connectivity index (χ4v) is 2.16. The van der Waals surface area contributed by atoms with Crippen LogP contribution in [0, 0.1) is 0 Å². The van der Waals surface area contributed by atoms with Gasteiger partial charge in [0.05, 0.1) is 12.8 Å². The number of aliphatic hydroxyl groups is 1. The number of furan rings is 1. The third-order valence-corrected chi connectivity index (χ3v) is 3.22. The molecule has 1 unspecified atom stereocenters. The van der Waals surface area contributed by atoms with E-state index in [2.05, 4.69) is 10.3 Å². The number of nitrogens with zero attached hydrogens (tertiary/aromatic N) is 1. The van der Waals surface area contributed by atoms with E-state index < -0.39 is 6.10 Å². The molecule has 0 bridgehead atoms. The van der Waals surface area contributed by atoms with Crippen LogP contribution in [0.5, 0.6) is 0 Å². The lowest BCUT2D eigenvalue weighted by Gasteiger charge is -2.10. The molecule has 1 amide bonds. The van der Waals surface area contributed by atoms with Gasteiger partial charge in [-0.2, -0.15) is 0 Å². The minimum atomic E-state index is -0.876. The summed E-state index contributed by atoms with van der Waals surface area (Å²) in [5.74, 6) is 0.0959. The number of benzene rings is 1. The first kappa shape index (κ1) is 13.3. The van der Waals surface area contributed by atoms with E-state index in [1.165, 1.54) is 6.26 Å². The van der Waals surface area contributed by atoms with Gasteiger partial charge in [-0.05, 0) is 23.6 Å². The quantitative estimate of drug-likeness (QED) is 0.770. The van der Waals surface area contributed by atoms with Crippen molar-refractivity contribution in [1.82, 2.24) is 10.3 Å². The Kier molecular flexibility index (Phi) is 3.66. The summed E-state index contributed by atoms with van der Waals surface area (Å²) in [5.41, 5.74) is 0.347. The van der Waals surface area contributed by atoms with Gasteiger partial charge in [-0.1, -0.05) is 24.3 Å². The van der Waals surface area contributed by atoms with Gasteiger partial charge in [-0.3, -0.25) is 9.78 Å². The molecule has 1 aromatic carbocycles. The van der Waals surface area contributed by atoms with E-state index in [0.29, 0.717) is 11.5 Å². The summed E-state index contributed by atoms with van der Waals surface area (Å²) in [6.45, 7) is 0.0667. The van der Waals surface area contributed by atoms with E-state index in [1.54, 1.807) is 18.3 Å². The van der Waals surface area contributed by atoms with E-state index >= 15 is 0 Å². The van der Waals surface area contributed by atoms with Gasteiger partial charge >= 0.3 is 0 Å². The fraction of sp³-hybridized carbons (Fsp3) is 0.125. The highest BCUT2D eigenvalue weighted by Crippen LogP contribution is 2.17. The molecule has 1 atom stereocenters. The smallest absolute Gasteiger partial charge is 0.270 e. The highest BCUT2D eigenvalue weighted by molar-refractivity contribution is 6.05. The molecule has 3 aromatic rings. The first-order valence-corrected chi connectivity index (χ1v) is 6.59. The summed E-state index contributed by atoms with van der Waals surface area (Å²) < 4.78 is 5.09. The van der Waals surface area contributed by atoms with Gasteiger partial charge in [-0.25, -0.2) is 0 Å². The predicted octanol–water partition coefficient (Wildman–Crippen LogP) is 2.29. The second-order valence-corrected chi connectivity index (χ2v) is 4.62. The molecular weight excluding hydrogens is 268 g/mol. The number of hydrogen-bond donors (Lipinski definition) is 2. The lowest BCUT2D eigenvalue weighted by Crippen LogP contribution is -2.29. The lowest BCUT2D eigenvalue weighted by molar-refractivity contribution is 0.0898. The molecule has 0 aliphatic heterocycles. The summed E-state index contributed by atoms with van der Waals surface area (Å²) in [6, 6.07) is 12.7. The number of hydrogen-bond acceptors (Lipinski definition) is 4. The van der Waals surface area contributed by atoms with Crippen molar-refractivity contribution in [2.75, 3.05) is 6.54 Å². The summed E-state index contributed by atoms with van der Waals surface area (Å²) in [4.78, 5) is 16.3. The van der Waals surface area contributed by atoms with E-state index in [1.807, 2.05) is 30.3 Å². The number of fused-ring (bicyclic) bond motifs is 1. The van der Waals surface area contributed by atoms with Crippen molar-refractivity contribution in [2.45, 2.75) is 6.10 Å². The minimum Gasteiger partial charge on any atom is -0.467 e. The number of carbonyl (C=O) groups excluding carboxylic acids is 1. The largest absolute Gasteiger partial charge is 0.467 e. The van der Waals surface area contributed by atoms with E-state index in [4.69, 9.17) is 4.42 Å². The monoisotopic (exact) mass is 282 g/mol. The maximum absolute atomic E-state index is 12.2. The van der Waals surface area contributed by atoms with E-state index in [9.17, 15) is 9.90 Å². The molecule has 2 aromatic heterocycles. The third-order valence-electron chi connectivity index (χ3n) is 3.22. The standard InChI is InChI=1S/C16H14N2O3/c19-13(14-6-3-9-21-14)10-18-16(20)15-12-5-2-1-4-11(12)7-8-17-15/h1-9,13,19H,10H2,(H,18,20). The fourth-order valence-electron chi connectivity index (χ4n) is 2.16. The SMILES string of the molecule is O=C(NCC(O)c1ccco1)c1nccc2ccccc12. The summed E-state index contributed by atoms with van der Waals surface area (Å²) >= 11 is 0. The second-order valence-electron chi connectivity index (χ2n) is 4.62. The van der Waals surface area contributed by atoms with Crippen LogP contribution in [0.3, 0.4) is 0 Å². The Labute approximate surface area is 121 Å². The highest BCUT2D eigenvalue weighted by atomic mass is 16.4. The van der Waals surface area contributed by atoms with Crippen molar-refractivity contribution in [2.24, 2.45) is 0 Å². The number of pyridine rings is 1. The normalized spacial score (nSPS) is 12.2. The number of nitrogens with one attached hydrogen (secondary N) is 1. The van der Waals surface area contributed by atoms with Crippen LogP contribution in [0.4, 0.5) is 0 Å². The Hall–Kier alpha value is -2.66. The number of aromatic nitrogens is 1. The number of amides is 1. The molecule has 5 heteroatoms. The van der Waals surface area contributed by atoms with Crippen LogP contribution in [-0.2, 0) is 0 Å². The predicted molar refractivity (Wildman–Crippen MR) is 77.7 cm³/mol. The van der Waals surface area contributed by atoms with E-state index in [0.717, 1.165) is 10.8 Å². The van der Waals surface area contributed by atoms with Crippen LogP contribution in [0.15, 0.2) is 59.3 Å². The van der Waals surface area contributed by atoms with Crippen molar-refractivity contribution in [3.63, 3.8) is 0 Å². The van der Waals surface area contributed by atoms with Crippen LogP contribution in [0.2, 0.25) is 0 Å². The molecule has 0 fully saturated rings. The number of rotatable bonds is 4. The maximum Gasteiger partial charge on any atom is 0.270 e. The first-order valence-electron chi connectivity index (χ1n) is 6.59. The van der Waals surface area contributed by atoms with Crippen molar-refractivity contribution < 1.29 is 14.3 Å². The van der Waals surface area contributed by atoms with Crippen LogP contribution < -0.4 is 5.32 Å². The Bertz CT molecular complexity index is 748. The van der Waals surface area contributed by atoms with Crippen LogP contribution in [0.1, 0.15) is 22.4 Å². The topological polar surface area (TPSA) is 75.4 Å². The van der Waals surface area contributed by atoms with Crippen molar-refractivity contribution >= 4 is 16.7 Å². The minimum absolute atomic E-state index is 0.0667. The van der Waals surface area contributed by atoms with Crippen LogP contribution >= 0.6 is 0 Å². The molecule has 0 spiro atoms. The average Bonchev–Trinajstić information content (AvgIpc) is 3.06. The Morgan fingerprint density at radius 2 is 2.10 bits per heavy atom. The molecule has 21 heavy (non-hydrogen) atoms. The van der Waals surface area contributed by atoms with Gasteiger partial charge in [0.2, 0.25) is 0 Å². The first-order chi connectivity index (χ1) is 10.3. The molecule has 5 nitrogen and oxygen atoms in total. The van der Waals surface area contributed by atoms with Gasteiger partial charge in [-0.15, -0.1) is 0 Å². The average molecular weight is 282 g/mol. The molecule has 106 valence electrons. The highest BCUT2D eigenvalue weighted by Gasteiger charge is 2.15. The molecule has 0 aliphatic carbocycles. The third kappa shape index (κ3) is 2.78. The maximum atomic E-state index is 12.2. The van der Waals surface area contributed by atoms with Crippen LogP contribution in [-0.4, -0.2) is 22.5 Å². The molecule has 0 aliphatic rings. The molecule has 0 saturated heterocycles. The summed E-state index contributed by atoms with van der Waals surface area (Å²) in [7, 11) is 0. The zero-order valence-electron chi connectivity index (χ0n) is 11.2. The van der Waals surface area contributed by atoms with Gasteiger partial charge < -0.3 is 14.8 Å². The summed E-state index contributed by atoms with van der Waals surface area (Å²) in [6.07, 6.45) is 2.20.